The standard InChI is InChI=1S/C9H8I2O4/c1-15-8-5(10)3-2-4(6(8)11)7(12)9(13)14/h2-3,7,12H,1H3,(H,13,14). The molecule has 0 aromatic heterocycles. The maximum Gasteiger partial charge on any atom is 0.337 e. The third-order valence-electron chi connectivity index (χ3n) is 1.81. The van der Waals surface area contributed by atoms with Gasteiger partial charge in [0.2, 0.25) is 0 Å². The van der Waals surface area contributed by atoms with Gasteiger partial charge in [-0.1, -0.05) is 6.07 Å². The summed E-state index contributed by atoms with van der Waals surface area (Å²) in [5, 5.41) is 18.1. The molecule has 0 amide bonds. The van der Waals surface area contributed by atoms with Crippen LogP contribution in [0.25, 0.3) is 0 Å². The van der Waals surface area contributed by atoms with Gasteiger partial charge < -0.3 is 14.9 Å². The Morgan fingerprint density at radius 2 is 2.07 bits per heavy atom. The van der Waals surface area contributed by atoms with Crippen LogP contribution >= 0.6 is 45.2 Å². The average molecular weight is 434 g/mol. The van der Waals surface area contributed by atoms with Crippen LogP contribution in [0.5, 0.6) is 5.75 Å². The first-order valence-electron chi connectivity index (χ1n) is 3.91. The van der Waals surface area contributed by atoms with E-state index in [1.807, 2.05) is 22.6 Å². The van der Waals surface area contributed by atoms with Crippen molar-refractivity contribution in [2.24, 2.45) is 0 Å². The van der Waals surface area contributed by atoms with E-state index in [9.17, 15) is 9.90 Å². The van der Waals surface area contributed by atoms with Crippen LogP contribution < -0.4 is 4.74 Å². The lowest BCUT2D eigenvalue weighted by molar-refractivity contribution is -0.147. The first kappa shape index (κ1) is 13.0. The zero-order valence-electron chi connectivity index (χ0n) is 7.70. The quantitative estimate of drug-likeness (QED) is 0.716. The number of carbonyl (C=O) groups is 1. The number of halogens is 2. The summed E-state index contributed by atoms with van der Waals surface area (Å²) in [6, 6.07) is 3.30. The molecule has 82 valence electrons. The molecule has 0 aliphatic carbocycles. The summed E-state index contributed by atoms with van der Waals surface area (Å²) >= 11 is 4.05. The molecule has 0 saturated heterocycles. The molecule has 0 saturated carbocycles. The van der Waals surface area contributed by atoms with Crippen LogP contribution in [0.15, 0.2) is 12.1 Å². The van der Waals surface area contributed by atoms with Crippen molar-refractivity contribution in [1.82, 2.24) is 0 Å². The Morgan fingerprint density at radius 1 is 1.47 bits per heavy atom. The van der Waals surface area contributed by atoms with Crippen molar-refractivity contribution in [1.29, 1.82) is 0 Å². The molecule has 1 unspecified atom stereocenters. The fourth-order valence-electron chi connectivity index (χ4n) is 1.08. The lowest BCUT2D eigenvalue weighted by Gasteiger charge is -2.12. The normalized spacial score (nSPS) is 12.3. The number of aliphatic hydroxyl groups is 1. The summed E-state index contributed by atoms with van der Waals surface area (Å²) in [4.78, 5) is 10.6. The van der Waals surface area contributed by atoms with E-state index in [0.717, 1.165) is 3.57 Å². The van der Waals surface area contributed by atoms with Crippen molar-refractivity contribution in [3.8, 4) is 5.75 Å². The number of methoxy groups -OCH3 is 1. The number of aliphatic hydroxyl groups excluding tert-OH is 1. The number of rotatable bonds is 3. The van der Waals surface area contributed by atoms with Crippen molar-refractivity contribution in [2.45, 2.75) is 6.10 Å². The summed E-state index contributed by atoms with van der Waals surface area (Å²) in [5.74, 6) is -0.676. The molecule has 1 aromatic rings. The van der Waals surface area contributed by atoms with Crippen molar-refractivity contribution in [3.05, 3.63) is 24.8 Å². The number of ether oxygens (including phenoxy) is 1. The smallest absolute Gasteiger partial charge is 0.337 e. The van der Waals surface area contributed by atoms with Gasteiger partial charge in [-0.25, -0.2) is 4.79 Å². The zero-order valence-corrected chi connectivity index (χ0v) is 12.0. The number of hydrogen-bond donors (Lipinski definition) is 2. The van der Waals surface area contributed by atoms with E-state index < -0.39 is 12.1 Å². The Bertz CT molecular complexity index is 392. The summed E-state index contributed by atoms with van der Waals surface area (Å²) < 4.78 is 6.63. The number of hydrogen-bond acceptors (Lipinski definition) is 3. The van der Waals surface area contributed by atoms with Gasteiger partial charge in [0.15, 0.2) is 6.10 Å². The van der Waals surface area contributed by atoms with Gasteiger partial charge in [-0.15, -0.1) is 0 Å². The predicted octanol–water partition coefficient (Wildman–Crippen LogP) is 2.02. The van der Waals surface area contributed by atoms with Crippen LogP contribution in [0.4, 0.5) is 0 Å². The Morgan fingerprint density at radius 3 is 2.53 bits per heavy atom. The van der Waals surface area contributed by atoms with E-state index >= 15 is 0 Å². The summed E-state index contributed by atoms with van der Waals surface area (Å²) in [6.07, 6.45) is -1.51. The molecule has 0 aliphatic rings. The Balaban J connectivity index is 3.27. The van der Waals surface area contributed by atoms with Gasteiger partial charge in [0.1, 0.15) is 5.75 Å². The number of carboxylic acid groups (broad SMARTS) is 1. The third-order valence-corrected chi connectivity index (χ3v) is 3.77. The minimum absolute atomic E-state index is 0.348. The van der Waals surface area contributed by atoms with Crippen LogP contribution in [-0.4, -0.2) is 23.3 Å². The van der Waals surface area contributed by atoms with Gasteiger partial charge in [-0.3, -0.25) is 0 Å². The molecule has 1 atom stereocenters. The van der Waals surface area contributed by atoms with Crippen molar-refractivity contribution >= 4 is 51.2 Å². The Kier molecular flexibility index (Phi) is 4.59. The molecule has 1 aromatic carbocycles. The van der Waals surface area contributed by atoms with Gasteiger partial charge in [-0.05, 0) is 51.2 Å². The van der Waals surface area contributed by atoms with Gasteiger partial charge in [-0.2, -0.15) is 0 Å². The van der Waals surface area contributed by atoms with Crippen molar-refractivity contribution in [2.75, 3.05) is 7.11 Å². The molecule has 2 N–H and O–H groups in total. The topological polar surface area (TPSA) is 66.8 Å². The predicted molar refractivity (Wildman–Crippen MR) is 71.0 cm³/mol. The van der Waals surface area contributed by atoms with Crippen LogP contribution in [-0.2, 0) is 4.79 Å². The summed E-state index contributed by atoms with van der Waals surface area (Å²) in [7, 11) is 1.51. The van der Waals surface area contributed by atoms with Crippen LogP contribution in [0, 0.1) is 7.14 Å². The average Bonchev–Trinajstić information content (AvgIpc) is 2.17. The second-order valence-corrected chi connectivity index (χ2v) is 4.97. The Hall–Kier alpha value is -0.0900. The SMILES string of the molecule is COc1c(I)ccc(C(O)C(=O)O)c1I. The van der Waals surface area contributed by atoms with Crippen LogP contribution in [0.2, 0.25) is 0 Å². The van der Waals surface area contributed by atoms with Crippen molar-refractivity contribution < 1.29 is 19.7 Å². The van der Waals surface area contributed by atoms with Gasteiger partial charge in [0.25, 0.3) is 0 Å². The van der Waals surface area contributed by atoms with Crippen LogP contribution in [0.1, 0.15) is 11.7 Å². The molecule has 4 nitrogen and oxygen atoms in total. The van der Waals surface area contributed by atoms with Crippen LogP contribution in [0.3, 0.4) is 0 Å². The Labute approximate surface area is 114 Å². The highest BCUT2D eigenvalue weighted by atomic mass is 127. The minimum atomic E-state index is -1.51. The van der Waals surface area contributed by atoms with E-state index in [-0.39, 0.29) is 0 Å². The van der Waals surface area contributed by atoms with Gasteiger partial charge in [0.05, 0.1) is 14.3 Å². The molecule has 6 heteroatoms. The zero-order chi connectivity index (χ0) is 11.6. The highest BCUT2D eigenvalue weighted by Crippen LogP contribution is 2.32. The summed E-state index contributed by atoms with van der Waals surface area (Å²) in [6.45, 7) is 0. The minimum Gasteiger partial charge on any atom is -0.495 e. The third kappa shape index (κ3) is 2.72. The lowest BCUT2D eigenvalue weighted by atomic mass is 10.1. The van der Waals surface area contributed by atoms with E-state index in [4.69, 9.17) is 9.84 Å². The van der Waals surface area contributed by atoms with E-state index in [0.29, 0.717) is 14.9 Å². The molecule has 0 heterocycles. The van der Waals surface area contributed by atoms with Crippen molar-refractivity contribution in [3.63, 3.8) is 0 Å². The highest BCUT2D eigenvalue weighted by molar-refractivity contribution is 14.1. The first-order chi connectivity index (χ1) is 6.99. The fourth-order valence-corrected chi connectivity index (χ4v) is 3.25. The monoisotopic (exact) mass is 434 g/mol. The molecule has 0 fully saturated rings. The highest BCUT2D eigenvalue weighted by Gasteiger charge is 2.21. The molecular weight excluding hydrogens is 426 g/mol. The molecule has 1 rings (SSSR count). The van der Waals surface area contributed by atoms with E-state index in [1.165, 1.54) is 7.11 Å². The number of carboxylic acids is 1. The number of benzene rings is 1. The molecular formula is C9H8I2O4. The summed E-state index contributed by atoms with van der Waals surface area (Å²) in [5.41, 5.74) is 0.348. The van der Waals surface area contributed by atoms with E-state index in [2.05, 4.69) is 22.6 Å². The van der Waals surface area contributed by atoms with Gasteiger partial charge in [0, 0.05) is 5.56 Å². The molecule has 15 heavy (non-hydrogen) atoms. The molecule has 0 aliphatic heterocycles. The maximum atomic E-state index is 10.6. The maximum absolute atomic E-state index is 10.6. The first-order valence-corrected chi connectivity index (χ1v) is 6.07. The molecule has 0 spiro atoms. The second-order valence-electron chi connectivity index (χ2n) is 2.72. The second kappa shape index (κ2) is 5.30. The van der Waals surface area contributed by atoms with Gasteiger partial charge >= 0.3 is 5.97 Å². The fraction of sp³-hybridized carbons (Fsp3) is 0.222. The molecule has 0 bridgehead atoms. The molecule has 0 radical (unpaired) electrons. The van der Waals surface area contributed by atoms with E-state index in [1.54, 1.807) is 12.1 Å². The largest absolute Gasteiger partial charge is 0.495 e. The number of aliphatic carboxylic acids is 1. The lowest BCUT2D eigenvalue weighted by Crippen LogP contribution is -2.12.